The predicted octanol–water partition coefficient (Wildman–Crippen LogP) is 3.22. The summed E-state index contributed by atoms with van der Waals surface area (Å²) in [5.41, 5.74) is 2.63. The van der Waals surface area contributed by atoms with E-state index < -0.39 is 0 Å². The highest BCUT2D eigenvalue weighted by Gasteiger charge is 2.39. The minimum atomic E-state index is -0.154. The Kier molecular flexibility index (Phi) is 2.52. The highest BCUT2D eigenvalue weighted by Crippen LogP contribution is 2.46. The number of H-pyrrole nitrogens is 2. The van der Waals surface area contributed by atoms with Crippen LogP contribution in [0.3, 0.4) is 0 Å². The Labute approximate surface area is 119 Å². The average molecular weight is 322 g/mol. The molecule has 0 aliphatic heterocycles. The van der Waals surface area contributed by atoms with E-state index in [1.807, 2.05) is 12.1 Å². The maximum Gasteiger partial charge on any atom is 0.323 e. The lowest BCUT2D eigenvalue weighted by atomic mass is 9.95. The summed E-state index contributed by atoms with van der Waals surface area (Å²) in [5, 5.41) is 3.66. The standard InChI is InChI=1S/C14H16BrN3O/c15-9-5-12-13(18-14(19)17-12)6-11(9)16-10-4-7-1-2-8(10)3-7/h5-8,10,16H,1-4H2,(H2,17,18,19). The summed E-state index contributed by atoms with van der Waals surface area (Å²) < 4.78 is 1.01. The van der Waals surface area contributed by atoms with Crippen molar-refractivity contribution < 1.29 is 0 Å². The number of fused-ring (bicyclic) bond motifs is 3. The van der Waals surface area contributed by atoms with Crippen LogP contribution in [0.25, 0.3) is 11.0 Å². The average Bonchev–Trinajstić information content (AvgIpc) is 3.04. The maximum atomic E-state index is 11.3. The molecule has 1 aromatic heterocycles. The van der Waals surface area contributed by atoms with Crippen LogP contribution in [0, 0.1) is 11.8 Å². The quantitative estimate of drug-likeness (QED) is 0.795. The van der Waals surface area contributed by atoms with Crippen molar-refractivity contribution >= 4 is 32.7 Å². The zero-order valence-electron chi connectivity index (χ0n) is 10.5. The van der Waals surface area contributed by atoms with E-state index in [1.165, 1.54) is 25.7 Å². The summed E-state index contributed by atoms with van der Waals surface area (Å²) in [6, 6.07) is 4.57. The van der Waals surface area contributed by atoms with Crippen molar-refractivity contribution in [1.82, 2.24) is 9.97 Å². The van der Waals surface area contributed by atoms with Gasteiger partial charge in [0.15, 0.2) is 0 Å². The van der Waals surface area contributed by atoms with Crippen LogP contribution in [0.5, 0.6) is 0 Å². The van der Waals surface area contributed by atoms with Gasteiger partial charge in [-0.1, -0.05) is 6.42 Å². The molecule has 5 heteroatoms. The van der Waals surface area contributed by atoms with Crippen molar-refractivity contribution in [2.45, 2.75) is 31.7 Å². The van der Waals surface area contributed by atoms with Gasteiger partial charge in [-0.3, -0.25) is 0 Å². The largest absolute Gasteiger partial charge is 0.381 e. The van der Waals surface area contributed by atoms with Gasteiger partial charge in [-0.2, -0.15) is 0 Å². The van der Waals surface area contributed by atoms with Gasteiger partial charge in [0, 0.05) is 10.5 Å². The molecule has 19 heavy (non-hydrogen) atoms. The molecule has 2 fully saturated rings. The van der Waals surface area contributed by atoms with E-state index >= 15 is 0 Å². The van der Waals surface area contributed by atoms with E-state index in [9.17, 15) is 4.79 Å². The number of halogens is 1. The monoisotopic (exact) mass is 321 g/mol. The first-order chi connectivity index (χ1) is 9.19. The smallest absolute Gasteiger partial charge is 0.323 e. The molecule has 1 heterocycles. The van der Waals surface area contributed by atoms with Crippen LogP contribution in [-0.4, -0.2) is 16.0 Å². The number of anilines is 1. The second-order valence-electron chi connectivity index (χ2n) is 5.88. The van der Waals surface area contributed by atoms with Gasteiger partial charge >= 0.3 is 5.69 Å². The molecule has 2 bridgehead atoms. The second-order valence-corrected chi connectivity index (χ2v) is 6.74. The summed E-state index contributed by atoms with van der Waals surface area (Å²) >= 11 is 3.59. The zero-order valence-corrected chi connectivity index (χ0v) is 12.1. The van der Waals surface area contributed by atoms with Crippen molar-refractivity contribution in [2.75, 3.05) is 5.32 Å². The van der Waals surface area contributed by atoms with E-state index in [1.54, 1.807) is 0 Å². The number of nitrogens with one attached hydrogen (secondary N) is 3. The first-order valence-corrected chi connectivity index (χ1v) is 7.66. The van der Waals surface area contributed by atoms with Crippen molar-refractivity contribution in [1.29, 1.82) is 0 Å². The number of benzene rings is 1. The lowest BCUT2D eigenvalue weighted by molar-refractivity contribution is 0.439. The highest BCUT2D eigenvalue weighted by molar-refractivity contribution is 9.10. The molecule has 2 aromatic rings. The van der Waals surface area contributed by atoms with Gasteiger partial charge in [-0.15, -0.1) is 0 Å². The number of aromatic nitrogens is 2. The van der Waals surface area contributed by atoms with Crippen LogP contribution in [0.15, 0.2) is 21.4 Å². The molecule has 2 aliphatic carbocycles. The number of rotatable bonds is 2. The van der Waals surface area contributed by atoms with Gasteiger partial charge in [0.1, 0.15) is 0 Å². The number of imidazole rings is 1. The van der Waals surface area contributed by atoms with Crippen molar-refractivity contribution in [3.8, 4) is 0 Å². The third-order valence-corrected chi connectivity index (χ3v) is 5.34. The molecule has 3 N–H and O–H groups in total. The molecule has 3 atom stereocenters. The molecule has 4 nitrogen and oxygen atoms in total. The minimum Gasteiger partial charge on any atom is -0.381 e. The van der Waals surface area contributed by atoms with E-state index in [0.717, 1.165) is 33.0 Å². The molecule has 2 aliphatic rings. The second kappa shape index (κ2) is 4.13. The van der Waals surface area contributed by atoms with Gasteiger partial charge in [-0.25, -0.2) is 4.79 Å². The molecule has 100 valence electrons. The molecule has 1 aromatic carbocycles. The van der Waals surface area contributed by atoms with E-state index in [-0.39, 0.29) is 5.69 Å². The summed E-state index contributed by atoms with van der Waals surface area (Å²) in [7, 11) is 0. The number of hydrogen-bond acceptors (Lipinski definition) is 2. The van der Waals surface area contributed by atoms with Gasteiger partial charge in [-0.05, 0) is 59.2 Å². The number of hydrogen-bond donors (Lipinski definition) is 3. The topological polar surface area (TPSA) is 60.7 Å². The summed E-state index contributed by atoms with van der Waals surface area (Å²) in [6.45, 7) is 0. The summed E-state index contributed by atoms with van der Waals surface area (Å²) in [6.07, 6.45) is 5.45. The molecule has 0 amide bonds. The fourth-order valence-electron chi connectivity index (χ4n) is 3.79. The van der Waals surface area contributed by atoms with Gasteiger partial charge in [0.25, 0.3) is 0 Å². The lowest BCUT2D eigenvalue weighted by Gasteiger charge is -2.24. The van der Waals surface area contributed by atoms with Crippen LogP contribution in [-0.2, 0) is 0 Å². The lowest BCUT2D eigenvalue weighted by Crippen LogP contribution is -2.25. The Hall–Kier alpha value is -1.23. The van der Waals surface area contributed by atoms with Gasteiger partial charge in [0.2, 0.25) is 0 Å². The van der Waals surface area contributed by atoms with Crippen LogP contribution >= 0.6 is 15.9 Å². The Bertz CT molecular complexity index is 690. The maximum absolute atomic E-state index is 11.3. The van der Waals surface area contributed by atoms with Gasteiger partial charge in [0.05, 0.1) is 16.7 Å². The third kappa shape index (κ3) is 1.91. The fourth-order valence-corrected chi connectivity index (χ4v) is 4.25. The Balaban J connectivity index is 1.67. The van der Waals surface area contributed by atoms with Gasteiger partial charge < -0.3 is 15.3 Å². The normalized spacial score (nSPS) is 29.2. The minimum absolute atomic E-state index is 0.154. The molecule has 3 unspecified atom stereocenters. The fraction of sp³-hybridized carbons (Fsp3) is 0.500. The molecule has 4 rings (SSSR count). The molecule has 0 saturated heterocycles. The Morgan fingerprint density at radius 3 is 2.63 bits per heavy atom. The Morgan fingerprint density at radius 2 is 1.95 bits per heavy atom. The first kappa shape index (κ1) is 11.6. The summed E-state index contributed by atoms with van der Waals surface area (Å²) in [5.74, 6) is 1.76. The van der Waals surface area contributed by atoms with Crippen LogP contribution in [0.1, 0.15) is 25.7 Å². The molecular weight excluding hydrogens is 306 g/mol. The highest BCUT2D eigenvalue weighted by atomic mass is 79.9. The van der Waals surface area contributed by atoms with E-state index in [2.05, 4.69) is 31.2 Å². The molecule has 0 spiro atoms. The molecular formula is C14H16BrN3O. The van der Waals surface area contributed by atoms with Crippen LogP contribution in [0.2, 0.25) is 0 Å². The van der Waals surface area contributed by atoms with Crippen molar-refractivity contribution in [3.63, 3.8) is 0 Å². The third-order valence-electron chi connectivity index (χ3n) is 4.68. The van der Waals surface area contributed by atoms with Crippen LogP contribution < -0.4 is 11.0 Å². The SMILES string of the molecule is O=c1[nH]c2cc(Br)c(NC3CC4CCC3C4)cc2[nH]1. The van der Waals surface area contributed by atoms with E-state index in [4.69, 9.17) is 0 Å². The number of aromatic amines is 2. The van der Waals surface area contributed by atoms with E-state index in [0.29, 0.717) is 6.04 Å². The molecule has 0 radical (unpaired) electrons. The van der Waals surface area contributed by atoms with Crippen LogP contribution in [0.4, 0.5) is 5.69 Å². The van der Waals surface area contributed by atoms with Crippen molar-refractivity contribution in [2.24, 2.45) is 11.8 Å². The summed E-state index contributed by atoms with van der Waals surface area (Å²) in [4.78, 5) is 16.9. The van der Waals surface area contributed by atoms with Crippen molar-refractivity contribution in [3.05, 3.63) is 27.1 Å². The first-order valence-electron chi connectivity index (χ1n) is 6.87. The predicted molar refractivity (Wildman–Crippen MR) is 79.5 cm³/mol. The molecule has 2 saturated carbocycles. The zero-order chi connectivity index (χ0) is 13.0. The Morgan fingerprint density at radius 1 is 1.16 bits per heavy atom.